The number of benzene rings is 1. The van der Waals surface area contributed by atoms with E-state index in [1.165, 1.54) is 24.4 Å². The van der Waals surface area contributed by atoms with E-state index in [4.69, 9.17) is 11.0 Å². The van der Waals surface area contributed by atoms with Crippen molar-refractivity contribution < 1.29 is 8.78 Å². The van der Waals surface area contributed by atoms with E-state index in [0.29, 0.717) is 5.69 Å². The summed E-state index contributed by atoms with van der Waals surface area (Å²) >= 11 is 0. The minimum Gasteiger partial charge on any atom is -0.383 e. The van der Waals surface area contributed by atoms with Gasteiger partial charge in [0, 0.05) is 18.3 Å². The number of hydrogen-bond donors (Lipinski definition) is 2. The van der Waals surface area contributed by atoms with Gasteiger partial charge in [-0.25, -0.2) is 13.8 Å². The summed E-state index contributed by atoms with van der Waals surface area (Å²) < 4.78 is 28.0. The third-order valence-corrected chi connectivity index (χ3v) is 3.53. The molecule has 2 rings (SSSR count). The van der Waals surface area contributed by atoms with E-state index in [-0.39, 0.29) is 23.5 Å². The van der Waals surface area contributed by atoms with Crippen molar-refractivity contribution >= 4 is 11.5 Å². The SMILES string of the molecule is CN(C)C(CNc1ccnc(N)c1C#N)c1c(F)cccc1F. The number of nitrogens with two attached hydrogens (primary N) is 1. The number of pyridine rings is 1. The first-order valence-corrected chi connectivity index (χ1v) is 6.94. The fourth-order valence-electron chi connectivity index (χ4n) is 2.32. The molecule has 1 atom stereocenters. The third-order valence-electron chi connectivity index (χ3n) is 3.53. The molecule has 23 heavy (non-hydrogen) atoms. The Morgan fingerprint density at radius 2 is 1.96 bits per heavy atom. The highest BCUT2D eigenvalue weighted by Crippen LogP contribution is 2.26. The van der Waals surface area contributed by atoms with Gasteiger partial charge in [-0.3, -0.25) is 0 Å². The molecule has 0 radical (unpaired) electrons. The van der Waals surface area contributed by atoms with Gasteiger partial charge in [-0.05, 0) is 32.3 Å². The van der Waals surface area contributed by atoms with Gasteiger partial charge in [-0.2, -0.15) is 5.26 Å². The van der Waals surface area contributed by atoms with E-state index < -0.39 is 17.7 Å². The van der Waals surface area contributed by atoms with Gasteiger partial charge in [0.25, 0.3) is 0 Å². The average molecular weight is 317 g/mol. The van der Waals surface area contributed by atoms with Gasteiger partial charge in [0.05, 0.1) is 11.7 Å². The van der Waals surface area contributed by atoms with Crippen LogP contribution in [0.3, 0.4) is 0 Å². The van der Waals surface area contributed by atoms with Gasteiger partial charge >= 0.3 is 0 Å². The maximum absolute atomic E-state index is 14.0. The Hall–Kier alpha value is -2.72. The lowest BCUT2D eigenvalue weighted by Crippen LogP contribution is -2.28. The fraction of sp³-hybridized carbons (Fsp3) is 0.250. The molecule has 2 aromatic rings. The quantitative estimate of drug-likeness (QED) is 0.886. The molecule has 0 amide bonds. The van der Waals surface area contributed by atoms with Gasteiger partial charge in [0.15, 0.2) is 0 Å². The van der Waals surface area contributed by atoms with Crippen molar-refractivity contribution in [2.45, 2.75) is 6.04 Å². The zero-order chi connectivity index (χ0) is 17.0. The third kappa shape index (κ3) is 3.55. The molecule has 1 heterocycles. The second-order valence-corrected chi connectivity index (χ2v) is 5.23. The molecule has 7 heteroatoms. The number of rotatable bonds is 5. The standard InChI is InChI=1S/C16H17F2N5/c1-23(2)14(15-11(17)4-3-5-12(15)18)9-22-13-6-7-21-16(20)10(13)8-19/h3-7,14H,9H2,1-2H3,(H3,20,21,22). The molecule has 0 aliphatic heterocycles. The van der Waals surface area contributed by atoms with E-state index in [1.54, 1.807) is 25.1 Å². The Morgan fingerprint density at radius 3 is 2.52 bits per heavy atom. The van der Waals surface area contributed by atoms with E-state index in [1.807, 2.05) is 6.07 Å². The molecule has 0 spiro atoms. The molecule has 1 aromatic carbocycles. The number of nitrogen functional groups attached to an aromatic ring is 1. The minimum absolute atomic E-state index is 0.0227. The van der Waals surface area contributed by atoms with Crippen molar-refractivity contribution in [3.8, 4) is 6.07 Å². The van der Waals surface area contributed by atoms with Crippen molar-refractivity contribution in [2.24, 2.45) is 0 Å². The van der Waals surface area contributed by atoms with E-state index >= 15 is 0 Å². The first-order chi connectivity index (χ1) is 11.0. The molecule has 1 aromatic heterocycles. The number of nitrogens with zero attached hydrogens (tertiary/aromatic N) is 3. The second kappa shape index (κ2) is 7.03. The summed E-state index contributed by atoms with van der Waals surface area (Å²) in [6.45, 7) is 0.197. The first-order valence-electron chi connectivity index (χ1n) is 6.94. The summed E-state index contributed by atoms with van der Waals surface area (Å²) in [5.41, 5.74) is 6.31. The zero-order valence-electron chi connectivity index (χ0n) is 12.8. The highest BCUT2D eigenvalue weighted by Gasteiger charge is 2.22. The van der Waals surface area contributed by atoms with Gasteiger partial charge < -0.3 is 16.0 Å². The van der Waals surface area contributed by atoms with Crippen LogP contribution in [0.2, 0.25) is 0 Å². The molecular formula is C16H17F2N5. The Morgan fingerprint density at radius 1 is 1.30 bits per heavy atom. The van der Waals surface area contributed by atoms with Crippen LogP contribution in [0.4, 0.5) is 20.3 Å². The molecule has 0 aliphatic carbocycles. The highest BCUT2D eigenvalue weighted by molar-refractivity contribution is 5.66. The number of nitriles is 1. The summed E-state index contributed by atoms with van der Waals surface area (Å²) in [5.74, 6) is -1.11. The Bertz CT molecular complexity index is 719. The lowest BCUT2D eigenvalue weighted by Gasteiger charge is -2.26. The largest absolute Gasteiger partial charge is 0.383 e. The van der Waals surface area contributed by atoms with Gasteiger partial charge in [-0.1, -0.05) is 6.07 Å². The minimum atomic E-state index is -0.611. The number of halogens is 2. The summed E-state index contributed by atoms with van der Waals surface area (Å²) in [7, 11) is 3.45. The van der Waals surface area contributed by atoms with Crippen LogP contribution in [0.5, 0.6) is 0 Å². The second-order valence-electron chi connectivity index (χ2n) is 5.23. The monoisotopic (exact) mass is 317 g/mol. The summed E-state index contributed by atoms with van der Waals surface area (Å²) in [4.78, 5) is 5.54. The fourth-order valence-corrected chi connectivity index (χ4v) is 2.32. The molecule has 3 N–H and O–H groups in total. The molecule has 1 unspecified atom stereocenters. The first kappa shape index (κ1) is 16.6. The molecule has 0 bridgehead atoms. The van der Waals surface area contributed by atoms with Crippen molar-refractivity contribution in [3.63, 3.8) is 0 Å². The molecular weight excluding hydrogens is 300 g/mol. The number of aromatic nitrogens is 1. The van der Waals surface area contributed by atoms with Crippen LogP contribution >= 0.6 is 0 Å². The normalized spacial score (nSPS) is 12.0. The molecule has 5 nitrogen and oxygen atoms in total. The summed E-state index contributed by atoms with van der Waals surface area (Å²) in [6.07, 6.45) is 1.47. The van der Waals surface area contributed by atoms with Crippen LogP contribution < -0.4 is 11.1 Å². The van der Waals surface area contributed by atoms with Crippen molar-refractivity contribution in [1.82, 2.24) is 9.88 Å². The Labute approximate surface area is 133 Å². The Kier molecular flexibility index (Phi) is 5.09. The predicted octanol–water partition coefficient (Wildman–Crippen LogP) is 2.53. The molecule has 0 saturated heterocycles. The van der Waals surface area contributed by atoms with Crippen molar-refractivity contribution in [1.29, 1.82) is 5.26 Å². The van der Waals surface area contributed by atoms with E-state index in [2.05, 4.69) is 10.3 Å². The number of nitrogens with one attached hydrogen (secondary N) is 1. The van der Waals surface area contributed by atoms with E-state index in [9.17, 15) is 8.78 Å². The Balaban J connectivity index is 2.29. The van der Waals surface area contributed by atoms with Gasteiger partial charge in [0.2, 0.25) is 0 Å². The summed E-state index contributed by atoms with van der Waals surface area (Å²) in [5, 5.41) is 12.2. The average Bonchev–Trinajstić information content (AvgIpc) is 2.49. The van der Waals surface area contributed by atoms with Crippen LogP contribution in [0.15, 0.2) is 30.5 Å². The van der Waals surface area contributed by atoms with Crippen LogP contribution in [0.1, 0.15) is 17.2 Å². The number of likely N-dealkylation sites (N-methyl/N-ethyl adjacent to an activating group) is 1. The predicted molar refractivity (Wildman–Crippen MR) is 84.6 cm³/mol. The zero-order valence-corrected chi connectivity index (χ0v) is 12.8. The van der Waals surface area contributed by atoms with Crippen LogP contribution in [-0.2, 0) is 0 Å². The molecule has 0 fully saturated rings. The van der Waals surface area contributed by atoms with Crippen LogP contribution in [0.25, 0.3) is 0 Å². The van der Waals surface area contributed by atoms with Crippen LogP contribution in [0, 0.1) is 23.0 Å². The highest BCUT2D eigenvalue weighted by atomic mass is 19.1. The maximum Gasteiger partial charge on any atom is 0.143 e. The lowest BCUT2D eigenvalue weighted by atomic mass is 10.0. The number of anilines is 2. The molecule has 0 saturated carbocycles. The summed E-state index contributed by atoms with van der Waals surface area (Å²) in [6, 6.07) is 6.78. The van der Waals surface area contributed by atoms with Crippen LogP contribution in [-0.4, -0.2) is 30.5 Å². The van der Waals surface area contributed by atoms with Gasteiger partial charge in [-0.15, -0.1) is 0 Å². The van der Waals surface area contributed by atoms with Crippen molar-refractivity contribution in [2.75, 3.05) is 31.7 Å². The smallest absolute Gasteiger partial charge is 0.143 e. The van der Waals surface area contributed by atoms with Gasteiger partial charge in [0.1, 0.15) is 29.1 Å². The number of hydrogen-bond acceptors (Lipinski definition) is 5. The molecule has 0 aliphatic rings. The topological polar surface area (TPSA) is 78.0 Å². The van der Waals surface area contributed by atoms with Crippen molar-refractivity contribution in [3.05, 3.63) is 53.2 Å². The lowest BCUT2D eigenvalue weighted by molar-refractivity contribution is 0.295. The molecule has 120 valence electrons. The maximum atomic E-state index is 14.0. The van der Waals surface area contributed by atoms with E-state index in [0.717, 1.165) is 0 Å².